The Morgan fingerprint density at radius 3 is 1.30 bits per heavy atom. The Kier molecular flexibility index (Phi) is 12.1. The summed E-state index contributed by atoms with van der Waals surface area (Å²) in [4.78, 5) is 15.2. The van der Waals surface area contributed by atoms with Gasteiger partial charge in [0.05, 0.1) is 17.0 Å². The quantitative estimate of drug-likeness (QED) is 0.0800. The average molecular weight is 669 g/mol. The fourth-order valence-corrected chi connectivity index (χ4v) is 8.51. The van der Waals surface area contributed by atoms with Crippen LogP contribution in [0.5, 0.6) is 0 Å². The first kappa shape index (κ1) is 35.9. The zero-order valence-electron chi connectivity index (χ0n) is 22.6. The minimum absolute atomic E-state index is 0.0146. The van der Waals surface area contributed by atoms with Gasteiger partial charge in [0.25, 0.3) is 0 Å². The highest BCUT2D eigenvalue weighted by Crippen LogP contribution is 2.43. The molecular formula is C28H26F6O6S3. The molecule has 0 N–H and O–H groups in total. The molecule has 6 nitrogen and oxygen atoms in total. The summed E-state index contributed by atoms with van der Waals surface area (Å²) in [6.07, 6.45) is -3.76. The summed E-state index contributed by atoms with van der Waals surface area (Å²) in [6.45, 7) is 4.90. The van der Waals surface area contributed by atoms with Gasteiger partial charge in [-0.3, -0.25) is 16.8 Å². The number of carbonyl (C=O) groups is 1. The van der Waals surface area contributed by atoms with E-state index in [0.717, 1.165) is 13.8 Å². The summed E-state index contributed by atoms with van der Waals surface area (Å²) < 4.78 is 121. The van der Waals surface area contributed by atoms with Gasteiger partial charge < -0.3 is 4.74 Å². The van der Waals surface area contributed by atoms with Crippen LogP contribution in [-0.2, 0) is 40.1 Å². The molecule has 0 saturated heterocycles. The first-order valence-corrected chi connectivity index (χ1v) is 16.2. The molecule has 0 saturated carbocycles. The highest BCUT2D eigenvalue weighted by atomic mass is 32.3. The first-order chi connectivity index (χ1) is 19.8. The van der Waals surface area contributed by atoms with Gasteiger partial charge in [0.1, 0.15) is 19.7 Å². The van der Waals surface area contributed by atoms with Crippen molar-refractivity contribution in [3.05, 3.63) is 108 Å². The third kappa shape index (κ3) is 9.34. The van der Waals surface area contributed by atoms with Gasteiger partial charge in [-0.25, -0.2) is 4.79 Å². The molecule has 0 amide bonds. The minimum atomic E-state index is -6.84. The van der Waals surface area contributed by atoms with Gasteiger partial charge in [-0.1, -0.05) is 65.8 Å². The van der Waals surface area contributed by atoms with Crippen molar-refractivity contribution in [3.8, 4) is 0 Å². The van der Waals surface area contributed by atoms with Crippen LogP contribution in [0.25, 0.3) is 0 Å². The molecular weight excluding hydrogens is 642 g/mol. The first-order valence-electron chi connectivity index (χ1n) is 12.0. The molecule has 3 aromatic rings. The van der Waals surface area contributed by atoms with Crippen molar-refractivity contribution in [1.29, 1.82) is 0 Å². The van der Waals surface area contributed by atoms with E-state index in [1.54, 1.807) is 0 Å². The van der Waals surface area contributed by atoms with Crippen molar-refractivity contribution in [3.63, 3.8) is 0 Å². The number of hydrogen-bond acceptors (Lipinski definition) is 6. The van der Waals surface area contributed by atoms with Gasteiger partial charge in [0, 0.05) is 5.57 Å². The number of sulfone groups is 2. The topological polar surface area (TPSA) is 94.6 Å². The van der Waals surface area contributed by atoms with Gasteiger partial charge in [0.15, 0.2) is 14.7 Å². The van der Waals surface area contributed by atoms with Crippen LogP contribution in [0.15, 0.2) is 118 Å². The summed E-state index contributed by atoms with van der Waals surface area (Å²) >= 11 is 0. The number of esters is 1. The molecule has 3 rings (SSSR count). The van der Waals surface area contributed by atoms with Crippen molar-refractivity contribution >= 4 is 36.5 Å². The Bertz CT molecular complexity index is 1440. The zero-order chi connectivity index (χ0) is 32.6. The fourth-order valence-electron chi connectivity index (χ4n) is 3.26. The zero-order valence-corrected chi connectivity index (χ0v) is 25.0. The van der Waals surface area contributed by atoms with E-state index < -0.39 is 53.8 Å². The third-order valence-corrected chi connectivity index (χ3v) is 11.6. The van der Waals surface area contributed by atoms with E-state index in [1.807, 2.05) is 0 Å². The number of alkyl halides is 6. The van der Waals surface area contributed by atoms with E-state index in [2.05, 4.69) is 102 Å². The summed E-state index contributed by atoms with van der Waals surface area (Å²) in [5.74, 6) is -1.25. The predicted octanol–water partition coefficient (Wildman–Crippen LogP) is 7.02. The van der Waals surface area contributed by atoms with Crippen LogP contribution in [0.3, 0.4) is 0 Å². The molecule has 0 fully saturated rings. The summed E-state index contributed by atoms with van der Waals surface area (Å²) in [7, 11) is -13.7. The Hall–Kier alpha value is -3.30. The second kappa shape index (κ2) is 14.4. The van der Waals surface area contributed by atoms with Crippen LogP contribution in [0.2, 0.25) is 0 Å². The molecule has 0 heterocycles. The summed E-state index contributed by atoms with van der Waals surface area (Å²) in [5.41, 5.74) is -12.9. The predicted molar refractivity (Wildman–Crippen MR) is 150 cm³/mol. The molecule has 0 aromatic heterocycles. The van der Waals surface area contributed by atoms with Crippen molar-refractivity contribution in [1.82, 2.24) is 0 Å². The van der Waals surface area contributed by atoms with Crippen molar-refractivity contribution in [2.75, 3.05) is 0 Å². The number of benzene rings is 3. The van der Waals surface area contributed by atoms with Gasteiger partial charge in [-0.15, -0.1) is 6.42 Å². The molecule has 0 aliphatic carbocycles. The molecule has 15 heteroatoms. The van der Waals surface area contributed by atoms with E-state index in [1.165, 1.54) is 14.7 Å². The second-order valence-electron chi connectivity index (χ2n) is 8.72. The average Bonchev–Trinajstić information content (AvgIpc) is 2.92. The Morgan fingerprint density at radius 1 is 0.744 bits per heavy atom. The largest absolute Gasteiger partial charge is 0.469 e. The van der Waals surface area contributed by atoms with Crippen LogP contribution >= 0.6 is 0 Å². The van der Waals surface area contributed by atoms with Crippen molar-refractivity contribution in [2.24, 2.45) is 0 Å². The molecule has 0 aliphatic rings. The molecule has 1 atom stereocenters. The number of carbonyl (C=O) groups excluding carboxylic acids is 1. The van der Waals surface area contributed by atoms with Crippen LogP contribution in [-0.4, -0.2) is 39.9 Å². The summed E-state index contributed by atoms with van der Waals surface area (Å²) in [6, 6.07) is 32.2. The molecule has 43 heavy (non-hydrogen) atoms. The maximum atomic E-state index is 12.5. The van der Waals surface area contributed by atoms with Crippen LogP contribution in [0, 0.1) is 4.58 Å². The van der Waals surface area contributed by atoms with E-state index in [9.17, 15) is 48.0 Å². The van der Waals surface area contributed by atoms with E-state index in [4.69, 9.17) is 0 Å². The normalized spacial score (nSPS) is 13.2. The molecule has 0 aliphatic heterocycles. The maximum Gasteiger partial charge on any atom is 0.469 e. The Labute approximate surface area is 248 Å². The fraction of sp³-hybridized carbons (Fsp3) is 0.214. The van der Waals surface area contributed by atoms with Gasteiger partial charge in [0.2, 0.25) is 0 Å². The van der Waals surface area contributed by atoms with Gasteiger partial charge in [-0.2, -0.15) is 26.3 Å². The Morgan fingerprint density at radius 2 is 1.05 bits per heavy atom. The minimum Gasteiger partial charge on any atom is -0.462 e. The number of hydrogen-bond donors (Lipinski definition) is 0. The molecule has 0 radical (unpaired) electrons. The van der Waals surface area contributed by atoms with E-state index in [0.29, 0.717) is 0 Å². The lowest BCUT2D eigenvalue weighted by Crippen LogP contribution is -2.41. The number of ether oxygens (including phenoxy) is 1. The molecule has 3 aromatic carbocycles. The van der Waals surface area contributed by atoms with Crippen molar-refractivity contribution in [2.45, 2.75) is 52.1 Å². The third-order valence-electron chi connectivity index (χ3n) is 5.26. The van der Waals surface area contributed by atoms with Gasteiger partial charge in [-0.05, 0) is 50.2 Å². The van der Waals surface area contributed by atoms with Gasteiger partial charge >= 0.3 is 17.0 Å². The van der Waals surface area contributed by atoms with E-state index >= 15 is 0 Å². The SMILES string of the molecule is C=C(C)C(=O)OC(C)C[C-](S(=O)(=O)C(F)(F)F)S(=O)(=O)C(F)(F)F.c1ccc([S+](c2ccccc2)c2ccccc2)cc1. The highest BCUT2D eigenvalue weighted by molar-refractivity contribution is 8.13. The monoisotopic (exact) mass is 668 g/mol. The second-order valence-corrected chi connectivity index (χ2v) is 14.9. The molecule has 234 valence electrons. The number of rotatable bonds is 9. The van der Waals surface area contributed by atoms with E-state index in [-0.39, 0.29) is 16.5 Å². The summed E-state index contributed by atoms with van der Waals surface area (Å²) in [5, 5.41) is 0. The highest BCUT2D eigenvalue weighted by Gasteiger charge is 2.54. The standard InChI is InChI=1S/C18H15S.C10H11F6O6S2/c1-4-10-16(11-5-1)19(17-12-6-2-7-13-17)18-14-8-3-9-15-18;1-5(2)8(17)22-6(3)4-7(23(18,19)9(11,12)13)24(20,21)10(14,15)16/h1-15H;6H,1,4H2,2-3H3/q+1;-1. The lowest BCUT2D eigenvalue weighted by molar-refractivity contribution is -0.143. The number of halogens is 6. The lowest BCUT2D eigenvalue weighted by Gasteiger charge is -2.33. The maximum absolute atomic E-state index is 12.5. The Balaban J connectivity index is 0.000000306. The molecule has 1 unspecified atom stereocenters. The van der Waals surface area contributed by atoms with Crippen molar-refractivity contribution < 1.29 is 52.7 Å². The van der Waals surface area contributed by atoms with Crippen LogP contribution in [0.4, 0.5) is 26.3 Å². The molecule has 0 spiro atoms. The van der Waals surface area contributed by atoms with Crippen LogP contribution < -0.4 is 0 Å². The lowest BCUT2D eigenvalue weighted by atomic mass is 10.3. The smallest absolute Gasteiger partial charge is 0.462 e. The molecule has 0 bridgehead atoms. The van der Waals surface area contributed by atoms with Crippen LogP contribution in [0.1, 0.15) is 20.3 Å².